The maximum atomic E-state index is 14.0. The number of piperazine rings is 1. The van der Waals surface area contributed by atoms with Crippen molar-refractivity contribution in [2.75, 3.05) is 42.1 Å². The number of hydrogen-bond donors (Lipinski definition) is 3. The first-order valence-electron chi connectivity index (χ1n) is 9.74. The van der Waals surface area contributed by atoms with Crippen molar-refractivity contribution in [3.8, 4) is 0 Å². The van der Waals surface area contributed by atoms with E-state index in [0.717, 1.165) is 31.9 Å². The summed E-state index contributed by atoms with van der Waals surface area (Å²) < 4.78 is 14.0. The fourth-order valence-electron chi connectivity index (χ4n) is 3.51. The Labute approximate surface area is 169 Å². The lowest BCUT2D eigenvalue weighted by Gasteiger charge is -2.33. The van der Waals surface area contributed by atoms with Gasteiger partial charge in [-0.15, -0.1) is 0 Å². The Bertz CT molecular complexity index is 969. The van der Waals surface area contributed by atoms with Crippen molar-refractivity contribution in [1.29, 1.82) is 0 Å². The van der Waals surface area contributed by atoms with Crippen LogP contribution in [-0.4, -0.2) is 41.1 Å². The number of quaternary nitrogens is 1. The van der Waals surface area contributed by atoms with Crippen molar-refractivity contribution in [2.45, 2.75) is 13.5 Å². The van der Waals surface area contributed by atoms with E-state index in [0.29, 0.717) is 24.0 Å². The molecule has 0 aliphatic carbocycles. The van der Waals surface area contributed by atoms with Crippen molar-refractivity contribution in [3.63, 3.8) is 0 Å². The summed E-state index contributed by atoms with van der Waals surface area (Å²) in [5.74, 6) is 1.13. The fourth-order valence-corrected chi connectivity index (χ4v) is 3.51. The fraction of sp³-hybridized carbons (Fsp3) is 0.286. The van der Waals surface area contributed by atoms with Crippen LogP contribution in [0.3, 0.4) is 0 Å². The molecule has 1 saturated heterocycles. The van der Waals surface area contributed by atoms with Gasteiger partial charge in [0.25, 0.3) is 0 Å². The number of nitrogen functional groups attached to an aromatic ring is 1. The Morgan fingerprint density at radius 1 is 1.03 bits per heavy atom. The highest BCUT2D eigenvalue weighted by Crippen LogP contribution is 2.18. The minimum absolute atomic E-state index is 0.173. The lowest BCUT2D eigenvalue weighted by Crippen LogP contribution is -3.13. The van der Waals surface area contributed by atoms with E-state index >= 15 is 0 Å². The van der Waals surface area contributed by atoms with Crippen LogP contribution in [0.4, 0.5) is 27.7 Å². The molecule has 3 aromatic rings. The molecular weight excluding hydrogens is 369 g/mol. The second kappa shape index (κ2) is 8.40. The summed E-state index contributed by atoms with van der Waals surface area (Å²) in [6, 6.07) is 14.9. The molecule has 1 aliphatic heterocycles. The standard InChI is InChI=1S/C21H24FN7/c1-15-6-8-16(9-7-15)24-21-26-19(25-20(23)27-21)14-28-10-12-29(13-11-28)18-5-3-2-4-17(18)22/h2-9H,10-14H2,1H3,(H3,23,24,25,26,27)/p+1. The zero-order valence-electron chi connectivity index (χ0n) is 16.4. The normalized spacial score (nSPS) is 14.8. The largest absolute Gasteiger partial charge is 0.368 e. The number of para-hydroxylation sites is 1. The molecule has 0 saturated carbocycles. The van der Waals surface area contributed by atoms with Crippen LogP contribution in [0.1, 0.15) is 11.4 Å². The zero-order valence-corrected chi connectivity index (χ0v) is 16.4. The zero-order chi connectivity index (χ0) is 20.2. The monoisotopic (exact) mass is 394 g/mol. The number of anilines is 4. The minimum Gasteiger partial charge on any atom is -0.368 e. The topological polar surface area (TPSA) is 84.4 Å². The molecule has 8 heteroatoms. The highest BCUT2D eigenvalue weighted by molar-refractivity contribution is 5.54. The van der Waals surface area contributed by atoms with Gasteiger partial charge >= 0.3 is 0 Å². The van der Waals surface area contributed by atoms with Crippen molar-refractivity contribution in [1.82, 2.24) is 15.0 Å². The molecule has 0 atom stereocenters. The molecule has 1 aliphatic rings. The third kappa shape index (κ3) is 4.78. The van der Waals surface area contributed by atoms with Gasteiger partial charge in [0.15, 0.2) is 5.82 Å². The summed E-state index contributed by atoms with van der Waals surface area (Å²) in [6.07, 6.45) is 0. The first kappa shape index (κ1) is 19.1. The molecule has 0 bridgehead atoms. The highest BCUT2D eigenvalue weighted by atomic mass is 19.1. The Morgan fingerprint density at radius 2 is 1.76 bits per heavy atom. The number of aromatic nitrogens is 3. The number of nitrogens with two attached hydrogens (primary N) is 1. The molecule has 1 fully saturated rings. The van der Waals surface area contributed by atoms with E-state index in [9.17, 15) is 4.39 Å². The van der Waals surface area contributed by atoms with Crippen molar-refractivity contribution in [3.05, 3.63) is 65.7 Å². The first-order chi connectivity index (χ1) is 14.1. The Morgan fingerprint density at radius 3 is 2.48 bits per heavy atom. The number of rotatable bonds is 5. The molecule has 150 valence electrons. The van der Waals surface area contributed by atoms with Crippen LogP contribution in [-0.2, 0) is 6.54 Å². The molecule has 7 nitrogen and oxygen atoms in total. The average Bonchev–Trinajstić information content (AvgIpc) is 2.70. The molecule has 4 rings (SSSR count). The van der Waals surface area contributed by atoms with Crippen LogP contribution in [0.5, 0.6) is 0 Å². The van der Waals surface area contributed by atoms with Crippen LogP contribution in [0.15, 0.2) is 48.5 Å². The summed E-state index contributed by atoms with van der Waals surface area (Å²) in [7, 11) is 0. The molecule has 2 heterocycles. The van der Waals surface area contributed by atoms with Crippen LogP contribution < -0.4 is 20.9 Å². The molecule has 1 aromatic heterocycles. The highest BCUT2D eigenvalue weighted by Gasteiger charge is 2.23. The van der Waals surface area contributed by atoms with Gasteiger partial charge < -0.3 is 20.9 Å². The molecular formula is C21H25FN7+. The smallest absolute Gasteiger partial charge is 0.232 e. The number of nitrogens with one attached hydrogen (secondary N) is 2. The summed E-state index contributed by atoms with van der Waals surface area (Å²) in [5, 5.41) is 3.18. The van der Waals surface area contributed by atoms with Crippen molar-refractivity contribution >= 4 is 23.3 Å². The summed E-state index contributed by atoms with van der Waals surface area (Å²) in [5.41, 5.74) is 8.65. The molecule has 2 aromatic carbocycles. The molecule has 0 radical (unpaired) electrons. The van der Waals surface area contributed by atoms with Crippen molar-refractivity contribution in [2.24, 2.45) is 0 Å². The number of aryl methyl sites for hydroxylation is 1. The quantitative estimate of drug-likeness (QED) is 0.609. The van der Waals surface area contributed by atoms with Gasteiger partial charge in [-0.2, -0.15) is 15.0 Å². The van der Waals surface area contributed by atoms with Gasteiger partial charge in [-0.1, -0.05) is 29.8 Å². The van der Waals surface area contributed by atoms with E-state index in [4.69, 9.17) is 5.73 Å². The molecule has 0 unspecified atom stereocenters. The number of hydrogen-bond acceptors (Lipinski definition) is 6. The Balaban J connectivity index is 1.39. The maximum Gasteiger partial charge on any atom is 0.232 e. The second-order valence-electron chi connectivity index (χ2n) is 7.29. The number of halogens is 1. The molecule has 29 heavy (non-hydrogen) atoms. The maximum absolute atomic E-state index is 14.0. The first-order valence-corrected chi connectivity index (χ1v) is 9.74. The van der Waals surface area contributed by atoms with E-state index in [1.54, 1.807) is 6.07 Å². The Hall–Kier alpha value is -3.26. The lowest BCUT2D eigenvalue weighted by atomic mass is 10.2. The van der Waals surface area contributed by atoms with Gasteiger partial charge in [0.05, 0.1) is 31.9 Å². The van der Waals surface area contributed by atoms with Crippen LogP contribution >= 0.6 is 0 Å². The van der Waals surface area contributed by atoms with Gasteiger partial charge in [-0.25, -0.2) is 4.39 Å². The van der Waals surface area contributed by atoms with Gasteiger partial charge in [-0.05, 0) is 31.2 Å². The predicted molar refractivity (Wildman–Crippen MR) is 112 cm³/mol. The van der Waals surface area contributed by atoms with Crippen LogP contribution in [0, 0.1) is 12.7 Å². The number of benzene rings is 2. The molecule has 0 amide bonds. The van der Waals surface area contributed by atoms with Gasteiger partial charge in [0.2, 0.25) is 11.9 Å². The van der Waals surface area contributed by atoms with E-state index in [1.807, 2.05) is 43.3 Å². The third-order valence-electron chi connectivity index (χ3n) is 5.08. The summed E-state index contributed by atoms with van der Waals surface area (Å²) in [4.78, 5) is 16.4. The van der Waals surface area contributed by atoms with E-state index in [-0.39, 0.29) is 11.8 Å². The van der Waals surface area contributed by atoms with E-state index in [1.165, 1.54) is 16.5 Å². The van der Waals surface area contributed by atoms with Crippen molar-refractivity contribution < 1.29 is 9.29 Å². The SMILES string of the molecule is Cc1ccc(Nc2nc(N)nc(C[NH+]3CCN(c4ccccc4F)CC3)n2)cc1. The van der Waals surface area contributed by atoms with Gasteiger partial charge in [0, 0.05) is 5.69 Å². The molecule has 0 spiro atoms. The summed E-state index contributed by atoms with van der Waals surface area (Å²) >= 11 is 0. The second-order valence-corrected chi connectivity index (χ2v) is 7.29. The van der Waals surface area contributed by atoms with E-state index in [2.05, 4.69) is 25.2 Å². The average molecular weight is 394 g/mol. The van der Waals surface area contributed by atoms with Gasteiger partial charge in [-0.3, -0.25) is 0 Å². The van der Waals surface area contributed by atoms with Crippen LogP contribution in [0.2, 0.25) is 0 Å². The number of nitrogens with zero attached hydrogens (tertiary/aromatic N) is 4. The summed E-state index contributed by atoms with van der Waals surface area (Å²) in [6.45, 7) is 6.01. The molecule has 4 N–H and O–H groups in total. The van der Waals surface area contributed by atoms with Crippen LogP contribution in [0.25, 0.3) is 0 Å². The minimum atomic E-state index is -0.173. The van der Waals surface area contributed by atoms with E-state index < -0.39 is 0 Å². The third-order valence-corrected chi connectivity index (χ3v) is 5.08. The lowest BCUT2D eigenvalue weighted by molar-refractivity contribution is -0.915. The van der Waals surface area contributed by atoms with Gasteiger partial charge in [0.1, 0.15) is 12.4 Å². The predicted octanol–water partition coefficient (Wildman–Crippen LogP) is 1.55. The Kier molecular flexibility index (Phi) is 5.53.